The molecule has 1 aromatic rings. The molecular formula is C16H20F2N2O2. The van der Waals surface area contributed by atoms with E-state index in [9.17, 15) is 18.4 Å². The van der Waals surface area contributed by atoms with Gasteiger partial charge in [0.15, 0.2) is 0 Å². The fourth-order valence-electron chi connectivity index (χ4n) is 2.69. The highest BCUT2D eigenvalue weighted by Crippen LogP contribution is 2.20. The molecule has 4 nitrogen and oxygen atoms in total. The summed E-state index contributed by atoms with van der Waals surface area (Å²) in [4.78, 5) is 27.3. The molecule has 1 unspecified atom stereocenters. The van der Waals surface area contributed by atoms with E-state index in [4.69, 9.17) is 0 Å². The van der Waals surface area contributed by atoms with Crippen LogP contribution in [0.2, 0.25) is 0 Å². The molecule has 0 saturated carbocycles. The highest BCUT2D eigenvalue weighted by Gasteiger charge is 2.33. The van der Waals surface area contributed by atoms with Crippen LogP contribution in [0.4, 0.5) is 8.78 Å². The Hall–Kier alpha value is -1.98. The van der Waals surface area contributed by atoms with Crippen molar-refractivity contribution in [1.29, 1.82) is 0 Å². The molecule has 1 atom stereocenters. The van der Waals surface area contributed by atoms with E-state index in [1.54, 1.807) is 14.0 Å². The second-order valence-electron chi connectivity index (χ2n) is 5.50. The second-order valence-corrected chi connectivity index (χ2v) is 5.50. The van der Waals surface area contributed by atoms with Gasteiger partial charge in [0.05, 0.1) is 0 Å². The van der Waals surface area contributed by atoms with Crippen LogP contribution < -0.4 is 0 Å². The summed E-state index contributed by atoms with van der Waals surface area (Å²) in [6, 6.07) is 2.83. The van der Waals surface area contributed by atoms with Crippen molar-refractivity contribution in [3.05, 3.63) is 35.4 Å². The predicted molar refractivity (Wildman–Crippen MR) is 77.9 cm³/mol. The Balaban J connectivity index is 2.13. The zero-order chi connectivity index (χ0) is 16.3. The lowest BCUT2D eigenvalue weighted by molar-refractivity contribution is -0.147. The third kappa shape index (κ3) is 3.43. The van der Waals surface area contributed by atoms with Crippen LogP contribution in [0.1, 0.15) is 31.7 Å². The number of hydrogen-bond donors (Lipinski definition) is 0. The number of carbonyl (C=O) groups is 2. The van der Waals surface area contributed by atoms with Crippen molar-refractivity contribution >= 4 is 11.8 Å². The summed E-state index contributed by atoms with van der Waals surface area (Å²) in [7, 11) is 1.62. The largest absolute Gasteiger partial charge is 0.337 e. The number of piperidine rings is 1. The van der Waals surface area contributed by atoms with Gasteiger partial charge in [0, 0.05) is 38.2 Å². The maximum Gasteiger partial charge on any atom is 0.245 e. The molecule has 1 fully saturated rings. The number of benzene rings is 1. The van der Waals surface area contributed by atoms with E-state index in [2.05, 4.69) is 0 Å². The van der Waals surface area contributed by atoms with Gasteiger partial charge in [0.2, 0.25) is 11.8 Å². The molecule has 2 amide bonds. The lowest BCUT2D eigenvalue weighted by Gasteiger charge is -2.35. The fraction of sp³-hybridized carbons (Fsp3) is 0.500. The number of rotatable bonds is 4. The van der Waals surface area contributed by atoms with Gasteiger partial charge >= 0.3 is 0 Å². The van der Waals surface area contributed by atoms with Crippen LogP contribution in [0, 0.1) is 11.6 Å². The Kier molecular flexibility index (Phi) is 5.11. The van der Waals surface area contributed by atoms with Gasteiger partial charge in [-0.2, -0.15) is 0 Å². The lowest BCUT2D eigenvalue weighted by Crippen LogP contribution is -2.51. The first-order chi connectivity index (χ1) is 10.4. The smallest absolute Gasteiger partial charge is 0.245 e. The van der Waals surface area contributed by atoms with E-state index < -0.39 is 17.7 Å². The monoisotopic (exact) mass is 310 g/mol. The van der Waals surface area contributed by atoms with Crippen molar-refractivity contribution in [1.82, 2.24) is 9.80 Å². The highest BCUT2D eigenvalue weighted by atomic mass is 19.1. The summed E-state index contributed by atoms with van der Waals surface area (Å²) in [5.41, 5.74) is 0.265. The molecule has 1 aliphatic heterocycles. The molecular weight excluding hydrogens is 290 g/mol. The van der Waals surface area contributed by atoms with Gasteiger partial charge in [-0.25, -0.2) is 8.78 Å². The van der Waals surface area contributed by atoms with Gasteiger partial charge in [0.25, 0.3) is 0 Å². The third-order valence-corrected chi connectivity index (χ3v) is 4.08. The molecule has 120 valence electrons. The summed E-state index contributed by atoms with van der Waals surface area (Å²) in [5, 5.41) is 0. The summed E-state index contributed by atoms with van der Waals surface area (Å²) in [6.45, 7) is 2.26. The first-order valence-corrected chi connectivity index (χ1v) is 7.42. The quantitative estimate of drug-likeness (QED) is 0.856. The molecule has 0 N–H and O–H groups in total. The average Bonchev–Trinajstić information content (AvgIpc) is 2.49. The molecule has 1 heterocycles. The third-order valence-electron chi connectivity index (χ3n) is 4.08. The standard InChI is InChI=1S/C16H20F2N2O2/c1-3-20(10-11-7-8-12(17)9-13(11)18)16(22)14-5-4-6-15(21)19(14)2/h7-9,14H,3-6,10H2,1-2H3. The van der Waals surface area contributed by atoms with Gasteiger partial charge in [-0.15, -0.1) is 0 Å². The number of likely N-dealkylation sites (N-methyl/N-ethyl adjacent to an activating group) is 2. The normalized spacial score (nSPS) is 18.5. The summed E-state index contributed by atoms with van der Waals surface area (Å²) in [6.07, 6.45) is 1.75. The number of amides is 2. The first kappa shape index (κ1) is 16.4. The number of hydrogen-bond acceptors (Lipinski definition) is 2. The summed E-state index contributed by atoms with van der Waals surface area (Å²) in [5.74, 6) is -1.55. The second kappa shape index (κ2) is 6.85. The van der Waals surface area contributed by atoms with Crippen molar-refractivity contribution in [3.8, 4) is 0 Å². The van der Waals surface area contributed by atoms with Gasteiger partial charge in [0.1, 0.15) is 17.7 Å². The minimum atomic E-state index is -0.667. The highest BCUT2D eigenvalue weighted by molar-refractivity contribution is 5.88. The molecule has 0 radical (unpaired) electrons. The van der Waals surface area contributed by atoms with Crippen molar-refractivity contribution < 1.29 is 18.4 Å². The fourth-order valence-corrected chi connectivity index (χ4v) is 2.69. The van der Waals surface area contributed by atoms with E-state index in [1.165, 1.54) is 21.9 Å². The Morgan fingerprint density at radius 1 is 1.41 bits per heavy atom. The summed E-state index contributed by atoms with van der Waals surface area (Å²) < 4.78 is 26.7. The molecule has 0 aromatic heterocycles. The predicted octanol–water partition coefficient (Wildman–Crippen LogP) is 2.32. The molecule has 0 spiro atoms. The van der Waals surface area contributed by atoms with E-state index in [1.807, 2.05) is 0 Å². The number of halogens is 2. The Morgan fingerprint density at radius 2 is 2.14 bits per heavy atom. The van der Waals surface area contributed by atoms with Crippen LogP contribution in [0.15, 0.2) is 18.2 Å². The first-order valence-electron chi connectivity index (χ1n) is 7.42. The Labute approximate surface area is 128 Å². The minimum absolute atomic E-state index is 0.0476. The summed E-state index contributed by atoms with van der Waals surface area (Å²) >= 11 is 0. The minimum Gasteiger partial charge on any atom is -0.337 e. The number of nitrogens with zero attached hydrogens (tertiary/aromatic N) is 2. The van der Waals surface area contributed by atoms with Crippen LogP contribution in [-0.2, 0) is 16.1 Å². The van der Waals surface area contributed by atoms with E-state index in [-0.39, 0.29) is 23.9 Å². The van der Waals surface area contributed by atoms with E-state index in [0.29, 0.717) is 25.8 Å². The Bertz CT molecular complexity index is 577. The van der Waals surface area contributed by atoms with Gasteiger partial charge in [-0.3, -0.25) is 9.59 Å². The van der Waals surface area contributed by atoms with Crippen molar-refractivity contribution in [2.45, 2.75) is 38.8 Å². The molecule has 2 rings (SSSR count). The Morgan fingerprint density at radius 3 is 2.77 bits per heavy atom. The maximum absolute atomic E-state index is 13.7. The van der Waals surface area contributed by atoms with Crippen molar-refractivity contribution in [2.24, 2.45) is 0 Å². The number of carbonyl (C=O) groups excluding carboxylic acids is 2. The van der Waals surface area contributed by atoms with Crippen LogP contribution in [-0.4, -0.2) is 41.2 Å². The SMILES string of the molecule is CCN(Cc1ccc(F)cc1F)C(=O)C1CCCC(=O)N1C. The van der Waals surface area contributed by atoms with Crippen LogP contribution >= 0.6 is 0 Å². The van der Waals surface area contributed by atoms with Gasteiger partial charge in [-0.05, 0) is 25.8 Å². The van der Waals surface area contributed by atoms with E-state index >= 15 is 0 Å². The molecule has 1 aromatic carbocycles. The molecule has 1 saturated heterocycles. The number of likely N-dealkylation sites (tertiary alicyclic amines) is 1. The van der Waals surface area contributed by atoms with Crippen LogP contribution in [0.25, 0.3) is 0 Å². The van der Waals surface area contributed by atoms with Crippen LogP contribution in [0.3, 0.4) is 0 Å². The molecule has 22 heavy (non-hydrogen) atoms. The topological polar surface area (TPSA) is 40.6 Å². The molecule has 0 bridgehead atoms. The molecule has 6 heteroatoms. The van der Waals surface area contributed by atoms with Crippen molar-refractivity contribution in [3.63, 3.8) is 0 Å². The zero-order valence-electron chi connectivity index (χ0n) is 12.8. The van der Waals surface area contributed by atoms with Crippen molar-refractivity contribution in [2.75, 3.05) is 13.6 Å². The molecule has 0 aliphatic carbocycles. The van der Waals surface area contributed by atoms with E-state index in [0.717, 1.165) is 6.07 Å². The average molecular weight is 310 g/mol. The van der Waals surface area contributed by atoms with Gasteiger partial charge in [-0.1, -0.05) is 6.07 Å². The van der Waals surface area contributed by atoms with Crippen LogP contribution in [0.5, 0.6) is 0 Å². The van der Waals surface area contributed by atoms with Gasteiger partial charge < -0.3 is 9.80 Å². The molecule has 1 aliphatic rings. The zero-order valence-corrected chi connectivity index (χ0v) is 12.8. The maximum atomic E-state index is 13.7. The lowest BCUT2D eigenvalue weighted by atomic mass is 10.0.